The molecule has 2 N–H and O–H groups in total. The Bertz CT molecular complexity index is 545. The summed E-state index contributed by atoms with van der Waals surface area (Å²) in [5, 5.41) is 27.3. The van der Waals surface area contributed by atoms with Crippen LogP contribution >= 0.6 is 23.2 Å². The number of nitrogens with zero attached hydrogens (tertiary/aromatic N) is 3. The largest absolute Gasteiger partial charge is 0.390 e. The molecule has 2 rings (SSSR count). The lowest BCUT2D eigenvalue weighted by Gasteiger charge is -2.12. The third-order valence-electron chi connectivity index (χ3n) is 2.43. The van der Waals surface area contributed by atoms with E-state index in [9.17, 15) is 5.11 Å². The molecule has 0 radical (unpaired) electrons. The molecule has 18 heavy (non-hydrogen) atoms. The normalized spacial score (nSPS) is 12.7. The van der Waals surface area contributed by atoms with Crippen LogP contribution in [0, 0.1) is 0 Å². The molecule has 0 fully saturated rings. The van der Waals surface area contributed by atoms with Gasteiger partial charge in [0.25, 0.3) is 0 Å². The predicted molar refractivity (Wildman–Crippen MR) is 67.4 cm³/mol. The fraction of sp³-hybridized carbons (Fsp3) is 0.273. The predicted octanol–water partition coefficient (Wildman–Crippen LogP) is 1.81. The van der Waals surface area contributed by atoms with E-state index >= 15 is 0 Å². The smallest absolute Gasteiger partial charge is 0.108 e. The van der Waals surface area contributed by atoms with Crippen molar-refractivity contribution in [2.24, 2.45) is 0 Å². The van der Waals surface area contributed by atoms with E-state index in [-0.39, 0.29) is 13.2 Å². The highest BCUT2D eigenvalue weighted by Crippen LogP contribution is 2.27. The van der Waals surface area contributed by atoms with Crippen molar-refractivity contribution < 1.29 is 10.2 Å². The second-order valence-corrected chi connectivity index (χ2v) is 4.62. The minimum atomic E-state index is -0.817. The van der Waals surface area contributed by atoms with E-state index in [2.05, 4.69) is 10.3 Å². The van der Waals surface area contributed by atoms with Crippen LogP contribution in [-0.2, 0) is 13.2 Å². The van der Waals surface area contributed by atoms with Crippen molar-refractivity contribution in [3.05, 3.63) is 45.7 Å². The Morgan fingerprint density at radius 3 is 2.72 bits per heavy atom. The molecule has 1 aromatic carbocycles. The van der Waals surface area contributed by atoms with Crippen molar-refractivity contribution in [2.45, 2.75) is 19.3 Å². The summed E-state index contributed by atoms with van der Waals surface area (Å²) in [6.45, 7) is 0.0200. The molecule has 0 aliphatic carbocycles. The van der Waals surface area contributed by atoms with E-state index in [0.717, 1.165) is 0 Å². The molecule has 1 atom stereocenters. The number of hydrogen-bond acceptors (Lipinski definition) is 4. The van der Waals surface area contributed by atoms with Crippen LogP contribution in [0.25, 0.3) is 0 Å². The van der Waals surface area contributed by atoms with Gasteiger partial charge in [-0.3, -0.25) is 0 Å². The van der Waals surface area contributed by atoms with Gasteiger partial charge in [0.05, 0.1) is 19.3 Å². The third-order valence-corrected chi connectivity index (χ3v) is 2.99. The zero-order valence-electron chi connectivity index (χ0n) is 9.29. The molecule has 0 bridgehead atoms. The first-order valence-electron chi connectivity index (χ1n) is 5.23. The van der Waals surface area contributed by atoms with Gasteiger partial charge in [0.2, 0.25) is 0 Å². The van der Waals surface area contributed by atoms with Crippen LogP contribution in [0.3, 0.4) is 0 Å². The summed E-state index contributed by atoms with van der Waals surface area (Å²) in [6, 6.07) is 4.90. The average molecular weight is 288 g/mol. The molecule has 0 spiro atoms. The van der Waals surface area contributed by atoms with E-state index in [1.807, 2.05) is 0 Å². The van der Waals surface area contributed by atoms with Crippen molar-refractivity contribution in [1.29, 1.82) is 0 Å². The van der Waals surface area contributed by atoms with E-state index in [1.54, 1.807) is 24.4 Å². The molecule has 0 saturated heterocycles. The van der Waals surface area contributed by atoms with Gasteiger partial charge in [-0.1, -0.05) is 34.5 Å². The average Bonchev–Trinajstić information content (AvgIpc) is 2.76. The van der Waals surface area contributed by atoms with Gasteiger partial charge in [0.15, 0.2) is 0 Å². The van der Waals surface area contributed by atoms with Crippen molar-refractivity contribution in [1.82, 2.24) is 15.0 Å². The van der Waals surface area contributed by atoms with Crippen LogP contribution in [0.4, 0.5) is 0 Å². The number of halogens is 2. The van der Waals surface area contributed by atoms with Crippen LogP contribution in [0.2, 0.25) is 10.0 Å². The van der Waals surface area contributed by atoms with Crippen molar-refractivity contribution >= 4 is 23.2 Å². The van der Waals surface area contributed by atoms with Crippen LogP contribution in [0.15, 0.2) is 24.4 Å². The number of aromatic nitrogens is 3. The Morgan fingerprint density at radius 1 is 1.33 bits per heavy atom. The Hall–Kier alpha value is -1.14. The Balaban J connectivity index is 2.13. The molecule has 0 amide bonds. The SMILES string of the molecule is OCc1cn(C[C@@H](O)c2ccc(Cl)cc2Cl)nn1. The van der Waals surface area contributed by atoms with E-state index in [0.29, 0.717) is 21.3 Å². The highest BCUT2D eigenvalue weighted by Gasteiger charge is 2.13. The summed E-state index contributed by atoms with van der Waals surface area (Å²) >= 11 is 11.8. The first kappa shape index (κ1) is 13.3. The van der Waals surface area contributed by atoms with Gasteiger partial charge < -0.3 is 10.2 Å². The fourth-order valence-corrected chi connectivity index (χ4v) is 2.08. The lowest BCUT2D eigenvalue weighted by molar-refractivity contribution is 0.150. The first-order chi connectivity index (χ1) is 8.60. The van der Waals surface area contributed by atoms with E-state index in [1.165, 1.54) is 4.68 Å². The molecular formula is C11H11Cl2N3O2. The molecule has 2 aromatic rings. The quantitative estimate of drug-likeness (QED) is 0.900. The van der Waals surface area contributed by atoms with Crippen LogP contribution in [-0.4, -0.2) is 25.2 Å². The zero-order chi connectivity index (χ0) is 13.1. The van der Waals surface area contributed by atoms with Crippen molar-refractivity contribution in [3.8, 4) is 0 Å². The van der Waals surface area contributed by atoms with Gasteiger partial charge in [-0.05, 0) is 12.1 Å². The van der Waals surface area contributed by atoms with Gasteiger partial charge in [0, 0.05) is 15.6 Å². The maximum Gasteiger partial charge on any atom is 0.108 e. The summed E-state index contributed by atoms with van der Waals surface area (Å²) in [5.74, 6) is 0. The topological polar surface area (TPSA) is 71.2 Å². The molecule has 0 aliphatic rings. The molecular weight excluding hydrogens is 277 g/mol. The van der Waals surface area contributed by atoms with E-state index in [4.69, 9.17) is 28.3 Å². The Morgan fingerprint density at radius 2 is 2.11 bits per heavy atom. The number of rotatable bonds is 4. The fourth-order valence-electron chi connectivity index (χ4n) is 1.55. The van der Waals surface area contributed by atoms with Gasteiger partial charge in [-0.2, -0.15) is 0 Å². The summed E-state index contributed by atoms with van der Waals surface area (Å²) in [7, 11) is 0. The van der Waals surface area contributed by atoms with Gasteiger partial charge >= 0.3 is 0 Å². The molecule has 7 heteroatoms. The van der Waals surface area contributed by atoms with Crippen molar-refractivity contribution in [3.63, 3.8) is 0 Å². The number of benzene rings is 1. The summed E-state index contributed by atoms with van der Waals surface area (Å²) < 4.78 is 1.45. The molecule has 1 heterocycles. The summed E-state index contributed by atoms with van der Waals surface area (Å²) in [5.41, 5.74) is 1.02. The summed E-state index contributed by atoms with van der Waals surface area (Å²) in [4.78, 5) is 0. The molecule has 0 saturated carbocycles. The Kier molecular flexibility index (Phi) is 4.19. The first-order valence-corrected chi connectivity index (χ1v) is 5.98. The molecule has 5 nitrogen and oxygen atoms in total. The zero-order valence-corrected chi connectivity index (χ0v) is 10.8. The maximum atomic E-state index is 10.0. The third kappa shape index (κ3) is 3.00. The lowest BCUT2D eigenvalue weighted by atomic mass is 10.1. The highest BCUT2D eigenvalue weighted by molar-refractivity contribution is 6.35. The molecule has 0 unspecified atom stereocenters. The summed E-state index contributed by atoms with van der Waals surface area (Å²) in [6.07, 6.45) is 0.746. The van der Waals surface area contributed by atoms with Crippen LogP contribution in [0.1, 0.15) is 17.4 Å². The Labute approximate surface area is 114 Å². The minimum absolute atomic E-state index is 0.183. The van der Waals surface area contributed by atoms with Crippen LogP contribution < -0.4 is 0 Å². The monoisotopic (exact) mass is 287 g/mol. The van der Waals surface area contributed by atoms with Gasteiger partial charge in [-0.15, -0.1) is 5.10 Å². The van der Waals surface area contributed by atoms with Gasteiger partial charge in [0.1, 0.15) is 11.8 Å². The second kappa shape index (κ2) is 5.67. The van der Waals surface area contributed by atoms with Gasteiger partial charge in [-0.25, -0.2) is 4.68 Å². The highest BCUT2D eigenvalue weighted by atomic mass is 35.5. The minimum Gasteiger partial charge on any atom is -0.390 e. The molecule has 1 aromatic heterocycles. The molecule has 0 aliphatic heterocycles. The standard InChI is InChI=1S/C11H11Cl2N3O2/c12-7-1-2-9(10(13)3-7)11(18)5-16-4-8(6-17)14-15-16/h1-4,11,17-18H,5-6H2/t11-/m1/s1. The van der Waals surface area contributed by atoms with E-state index < -0.39 is 6.10 Å². The maximum absolute atomic E-state index is 10.0. The van der Waals surface area contributed by atoms with Crippen LogP contribution in [0.5, 0.6) is 0 Å². The lowest BCUT2D eigenvalue weighted by Crippen LogP contribution is -2.09. The number of aliphatic hydroxyl groups excluding tert-OH is 2. The number of aliphatic hydroxyl groups is 2. The number of hydrogen-bond donors (Lipinski definition) is 2. The molecule has 96 valence electrons. The second-order valence-electron chi connectivity index (χ2n) is 3.77. The van der Waals surface area contributed by atoms with Crippen molar-refractivity contribution in [2.75, 3.05) is 0 Å².